The van der Waals surface area contributed by atoms with Crippen LogP contribution in [0.3, 0.4) is 0 Å². The standard InChI is InChI=1S/C23H37N3O4/c1-15(2)26(18(27)14-24-21(29)30-23(7,8)9)19(20(28)25-22(4,5)6)17-12-10-16(3)11-13-17/h10-13,15,19H,14H2,1-9H3,(H,24,29)(H,25,28). The molecule has 0 aliphatic heterocycles. The fourth-order valence-corrected chi connectivity index (χ4v) is 2.91. The summed E-state index contributed by atoms with van der Waals surface area (Å²) in [7, 11) is 0. The summed E-state index contributed by atoms with van der Waals surface area (Å²) in [5, 5.41) is 5.47. The zero-order valence-corrected chi connectivity index (χ0v) is 19.8. The fourth-order valence-electron chi connectivity index (χ4n) is 2.91. The summed E-state index contributed by atoms with van der Waals surface area (Å²) in [6.07, 6.45) is -0.675. The van der Waals surface area contributed by atoms with Gasteiger partial charge in [0.05, 0.1) is 0 Å². The molecular weight excluding hydrogens is 382 g/mol. The molecule has 7 nitrogen and oxygen atoms in total. The van der Waals surface area contributed by atoms with Crippen molar-refractivity contribution >= 4 is 17.9 Å². The van der Waals surface area contributed by atoms with E-state index in [1.807, 2.05) is 65.8 Å². The quantitative estimate of drug-likeness (QED) is 0.736. The number of aryl methyl sites for hydroxylation is 1. The van der Waals surface area contributed by atoms with Gasteiger partial charge in [-0.2, -0.15) is 0 Å². The number of amides is 3. The van der Waals surface area contributed by atoms with Crippen LogP contribution in [0.5, 0.6) is 0 Å². The first-order chi connectivity index (χ1) is 13.6. The van der Waals surface area contributed by atoms with Crippen molar-refractivity contribution in [3.63, 3.8) is 0 Å². The van der Waals surface area contributed by atoms with Crippen LogP contribution < -0.4 is 10.6 Å². The van der Waals surface area contributed by atoms with Crippen LogP contribution >= 0.6 is 0 Å². The Balaban J connectivity index is 3.17. The molecule has 7 heteroatoms. The van der Waals surface area contributed by atoms with Crippen LogP contribution in [0.4, 0.5) is 4.79 Å². The molecule has 0 saturated carbocycles. The van der Waals surface area contributed by atoms with Gasteiger partial charge in [-0.25, -0.2) is 4.79 Å². The van der Waals surface area contributed by atoms with Gasteiger partial charge < -0.3 is 20.3 Å². The Hall–Kier alpha value is -2.57. The maximum Gasteiger partial charge on any atom is 0.408 e. The van der Waals surface area contributed by atoms with Gasteiger partial charge in [-0.15, -0.1) is 0 Å². The summed E-state index contributed by atoms with van der Waals surface area (Å²) >= 11 is 0. The van der Waals surface area contributed by atoms with E-state index < -0.39 is 23.3 Å². The molecule has 0 heterocycles. The van der Waals surface area contributed by atoms with Gasteiger partial charge in [-0.3, -0.25) is 9.59 Å². The van der Waals surface area contributed by atoms with Gasteiger partial charge in [0.1, 0.15) is 18.2 Å². The number of nitrogens with zero attached hydrogens (tertiary/aromatic N) is 1. The topological polar surface area (TPSA) is 87.7 Å². The van der Waals surface area contributed by atoms with Crippen LogP contribution in [0.15, 0.2) is 24.3 Å². The van der Waals surface area contributed by atoms with Gasteiger partial charge in [0.25, 0.3) is 0 Å². The molecule has 1 rings (SSSR count). The Morgan fingerprint density at radius 2 is 1.53 bits per heavy atom. The van der Waals surface area contributed by atoms with Crippen LogP contribution in [-0.2, 0) is 14.3 Å². The minimum atomic E-state index is -0.822. The lowest BCUT2D eigenvalue weighted by Crippen LogP contribution is -2.53. The molecule has 0 aromatic heterocycles. The predicted molar refractivity (Wildman–Crippen MR) is 118 cm³/mol. The molecule has 0 aliphatic carbocycles. The molecule has 1 aromatic carbocycles. The number of carbonyl (C=O) groups excluding carboxylic acids is 3. The summed E-state index contributed by atoms with van der Waals surface area (Å²) in [5.74, 6) is -0.642. The third-order valence-corrected chi connectivity index (χ3v) is 4.04. The second-order valence-corrected chi connectivity index (χ2v) is 9.80. The number of nitrogens with one attached hydrogen (secondary N) is 2. The third-order valence-electron chi connectivity index (χ3n) is 4.04. The predicted octanol–water partition coefficient (Wildman–Crippen LogP) is 3.71. The van der Waals surface area contributed by atoms with Crippen molar-refractivity contribution in [2.45, 2.75) is 85.5 Å². The maximum atomic E-state index is 13.2. The number of carbonyl (C=O) groups is 3. The lowest BCUT2D eigenvalue weighted by Gasteiger charge is -2.36. The highest BCUT2D eigenvalue weighted by atomic mass is 16.6. The Labute approximate surface area is 180 Å². The van der Waals surface area contributed by atoms with E-state index in [1.54, 1.807) is 20.8 Å². The fraction of sp³-hybridized carbons (Fsp3) is 0.609. The largest absolute Gasteiger partial charge is 0.444 e. The average molecular weight is 420 g/mol. The molecule has 3 amide bonds. The molecule has 0 bridgehead atoms. The smallest absolute Gasteiger partial charge is 0.408 e. The molecule has 1 unspecified atom stereocenters. The van der Waals surface area contributed by atoms with E-state index in [0.717, 1.165) is 5.56 Å². The highest BCUT2D eigenvalue weighted by Crippen LogP contribution is 2.25. The highest BCUT2D eigenvalue weighted by Gasteiger charge is 2.35. The van der Waals surface area contributed by atoms with Gasteiger partial charge in [0, 0.05) is 11.6 Å². The van der Waals surface area contributed by atoms with Crippen molar-refractivity contribution in [2.75, 3.05) is 6.54 Å². The summed E-state index contributed by atoms with van der Waals surface area (Å²) < 4.78 is 5.20. The van der Waals surface area contributed by atoms with E-state index in [9.17, 15) is 14.4 Å². The molecule has 0 spiro atoms. The number of alkyl carbamates (subject to hydrolysis) is 1. The summed E-state index contributed by atoms with van der Waals surface area (Å²) in [6, 6.07) is 6.44. The highest BCUT2D eigenvalue weighted by molar-refractivity contribution is 5.91. The second kappa shape index (κ2) is 9.96. The summed E-state index contributed by atoms with van der Waals surface area (Å²) in [4.78, 5) is 39.8. The Morgan fingerprint density at radius 3 is 1.97 bits per heavy atom. The van der Waals surface area contributed by atoms with Gasteiger partial charge in [-0.05, 0) is 67.9 Å². The van der Waals surface area contributed by atoms with Crippen molar-refractivity contribution in [2.24, 2.45) is 0 Å². The zero-order chi connectivity index (χ0) is 23.3. The van der Waals surface area contributed by atoms with Crippen molar-refractivity contribution in [3.8, 4) is 0 Å². The molecule has 0 fully saturated rings. The normalized spacial score (nSPS) is 12.9. The second-order valence-electron chi connectivity index (χ2n) is 9.80. The maximum absolute atomic E-state index is 13.2. The molecule has 168 valence electrons. The van der Waals surface area contributed by atoms with Crippen LogP contribution in [-0.4, -0.2) is 46.5 Å². The number of benzene rings is 1. The first-order valence-electron chi connectivity index (χ1n) is 10.3. The SMILES string of the molecule is Cc1ccc(C(C(=O)NC(C)(C)C)N(C(=O)CNC(=O)OC(C)(C)C)C(C)C)cc1. The lowest BCUT2D eigenvalue weighted by molar-refractivity contribution is -0.142. The van der Waals surface area contributed by atoms with Crippen LogP contribution in [0.1, 0.15) is 72.6 Å². The van der Waals surface area contributed by atoms with Crippen molar-refractivity contribution < 1.29 is 19.1 Å². The van der Waals surface area contributed by atoms with E-state index in [4.69, 9.17) is 4.74 Å². The third kappa shape index (κ3) is 8.43. The zero-order valence-electron chi connectivity index (χ0n) is 19.8. The molecule has 30 heavy (non-hydrogen) atoms. The summed E-state index contributed by atoms with van der Waals surface area (Å²) in [5.41, 5.74) is 0.645. The van der Waals surface area contributed by atoms with Crippen molar-refractivity contribution in [1.82, 2.24) is 15.5 Å². The van der Waals surface area contributed by atoms with Crippen molar-refractivity contribution in [1.29, 1.82) is 0 Å². The number of hydrogen-bond acceptors (Lipinski definition) is 4. The minimum absolute atomic E-state index is 0.266. The van der Waals surface area contributed by atoms with E-state index in [-0.39, 0.29) is 24.4 Å². The minimum Gasteiger partial charge on any atom is -0.444 e. The van der Waals surface area contributed by atoms with Crippen LogP contribution in [0, 0.1) is 6.92 Å². The van der Waals surface area contributed by atoms with Crippen LogP contribution in [0.2, 0.25) is 0 Å². The van der Waals surface area contributed by atoms with Gasteiger partial charge in [0.2, 0.25) is 11.8 Å². The molecule has 1 aromatic rings. The number of hydrogen-bond donors (Lipinski definition) is 2. The Morgan fingerprint density at radius 1 is 1.00 bits per heavy atom. The van der Waals surface area contributed by atoms with Crippen molar-refractivity contribution in [3.05, 3.63) is 35.4 Å². The number of ether oxygens (including phenoxy) is 1. The lowest BCUT2D eigenvalue weighted by atomic mass is 9.99. The first kappa shape index (κ1) is 25.5. The molecule has 0 radical (unpaired) electrons. The van der Waals surface area contributed by atoms with E-state index in [1.165, 1.54) is 4.90 Å². The Bertz CT molecular complexity index is 743. The van der Waals surface area contributed by atoms with Crippen LogP contribution in [0.25, 0.3) is 0 Å². The molecule has 2 N–H and O–H groups in total. The van der Waals surface area contributed by atoms with Gasteiger partial charge >= 0.3 is 6.09 Å². The average Bonchev–Trinajstić information content (AvgIpc) is 2.55. The molecule has 1 atom stereocenters. The van der Waals surface area contributed by atoms with Gasteiger partial charge in [-0.1, -0.05) is 29.8 Å². The Kier molecular flexibility index (Phi) is 8.45. The summed E-state index contributed by atoms with van der Waals surface area (Å²) in [6.45, 7) is 16.3. The number of rotatable bonds is 6. The molecule has 0 aliphatic rings. The molecular formula is C23H37N3O4. The van der Waals surface area contributed by atoms with E-state index >= 15 is 0 Å². The monoisotopic (exact) mass is 419 g/mol. The van der Waals surface area contributed by atoms with Gasteiger partial charge in [0.15, 0.2) is 0 Å². The first-order valence-corrected chi connectivity index (χ1v) is 10.3. The van der Waals surface area contributed by atoms with E-state index in [2.05, 4.69) is 10.6 Å². The van der Waals surface area contributed by atoms with E-state index in [0.29, 0.717) is 5.56 Å². The molecule has 0 saturated heterocycles.